The summed E-state index contributed by atoms with van der Waals surface area (Å²) in [4.78, 5) is 4.11. The molecule has 2 heterocycles. The Balaban J connectivity index is 2.32. The third-order valence-corrected chi connectivity index (χ3v) is 5.24. The Morgan fingerprint density at radius 2 is 2.26 bits per heavy atom. The first kappa shape index (κ1) is 14.1. The minimum atomic E-state index is -3.80. The Hall–Kier alpha value is -1.29. The Morgan fingerprint density at radius 3 is 2.84 bits per heavy atom. The van der Waals surface area contributed by atoms with Crippen molar-refractivity contribution < 1.29 is 13.5 Å². The van der Waals surface area contributed by atoms with Gasteiger partial charge in [-0.2, -0.15) is 9.82 Å². The van der Waals surface area contributed by atoms with E-state index in [0.29, 0.717) is 5.01 Å². The van der Waals surface area contributed by atoms with Crippen LogP contribution in [0, 0.1) is 0 Å². The fraction of sp³-hybridized carbons (Fsp3) is 0.400. The lowest BCUT2D eigenvalue weighted by molar-refractivity contribution is 0.278. The van der Waals surface area contributed by atoms with Gasteiger partial charge in [0.15, 0.2) is 5.03 Å². The number of hydrogen-bond acceptors (Lipinski definition) is 6. The Kier molecular flexibility index (Phi) is 3.72. The molecular weight excluding hydrogens is 288 g/mol. The molecule has 0 aliphatic rings. The average molecular weight is 302 g/mol. The molecule has 0 amide bonds. The van der Waals surface area contributed by atoms with E-state index in [0.717, 1.165) is 0 Å². The molecule has 0 aromatic carbocycles. The van der Waals surface area contributed by atoms with Crippen LogP contribution in [0.25, 0.3) is 0 Å². The van der Waals surface area contributed by atoms with Crippen molar-refractivity contribution in [3.05, 3.63) is 28.3 Å². The van der Waals surface area contributed by atoms with Crippen molar-refractivity contribution in [2.45, 2.75) is 31.0 Å². The second-order valence-electron chi connectivity index (χ2n) is 4.45. The number of nitrogens with zero attached hydrogens (tertiary/aromatic N) is 2. The molecular formula is C10H14N4O3S2. The summed E-state index contributed by atoms with van der Waals surface area (Å²) in [5, 5.41) is 17.4. The van der Waals surface area contributed by atoms with Gasteiger partial charge in [-0.15, -0.1) is 11.3 Å². The van der Waals surface area contributed by atoms with Crippen molar-refractivity contribution in [3.8, 4) is 0 Å². The number of nitrogens with one attached hydrogen (secondary N) is 2. The van der Waals surface area contributed by atoms with Gasteiger partial charge in [-0.05, 0) is 13.8 Å². The van der Waals surface area contributed by atoms with Gasteiger partial charge in [0.05, 0.1) is 18.3 Å². The second kappa shape index (κ2) is 5.00. The highest BCUT2D eigenvalue weighted by Crippen LogP contribution is 2.25. The maximum absolute atomic E-state index is 12.3. The molecule has 0 aliphatic heterocycles. The number of hydrogen-bond donors (Lipinski definition) is 3. The molecule has 0 spiro atoms. The van der Waals surface area contributed by atoms with Gasteiger partial charge in [-0.1, -0.05) is 0 Å². The van der Waals surface area contributed by atoms with Crippen LogP contribution in [0.4, 0.5) is 0 Å². The van der Waals surface area contributed by atoms with E-state index in [-0.39, 0.29) is 10.6 Å². The van der Waals surface area contributed by atoms with E-state index in [1.807, 2.05) is 0 Å². The largest absolute Gasteiger partial charge is 0.392 e. The summed E-state index contributed by atoms with van der Waals surface area (Å²) in [6, 6.07) is 0. The molecule has 0 atom stereocenters. The third kappa shape index (κ3) is 2.84. The van der Waals surface area contributed by atoms with Gasteiger partial charge in [0.25, 0.3) is 10.0 Å². The lowest BCUT2D eigenvalue weighted by atomic mass is 10.1. The van der Waals surface area contributed by atoms with Crippen LogP contribution >= 0.6 is 11.3 Å². The lowest BCUT2D eigenvalue weighted by Crippen LogP contribution is -2.41. The summed E-state index contributed by atoms with van der Waals surface area (Å²) in [6.07, 6.45) is 2.90. The SMILES string of the molecule is CC(C)(NS(=O)(=O)c1[nH]ncc1CO)c1nccs1. The molecule has 104 valence electrons. The number of aromatic nitrogens is 3. The molecule has 0 unspecified atom stereocenters. The molecule has 2 rings (SSSR count). The summed E-state index contributed by atoms with van der Waals surface area (Å²) in [7, 11) is -3.80. The molecule has 2 aromatic heterocycles. The molecule has 9 heteroatoms. The fourth-order valence-electron chi connectivity index (χ4n) is 1.61. The Labute approximate surface area is 114 Å². The summed E-state index contributed by atoms with van der Waals surface area (Å²) < 4.78 is 27.1. The van der Waals surface area contributed by atoms with Gasteiger partial charge in [0, 0.05) is 17.1 Å². The maximum atomic E-state index is 12.3. The van der Waals surface area contributed by atoms with Crippen LogP contribution in [-0.4, -0.2) is 28.7 Å². The minimum Gasteiger partial charge on any atom is -0.392 e. The standard InChI is InChI=1S/C10H14N4O3S2/c1-10(2,9-11-3-4-18-9)14-19(16,17)8-7(6-15)5-12-13-8/h3-5,14-15H,6H2,1-2H3,(H,12,13). The zero-order valence-corrected chi connectivity index (χ0v) is 12.0. The molecule has 0 aliphatic carbocycles. The molecule has 0 bridgehead atoms. The van der Waals surface area contributed by atoms with E-state index in [4.69, 9.17) is 5.11 Å². The fourth-order valence-corrected chi connectivity index (χ4v) is 3.90. The van der Waals surface area contributed by atoms with Gasteiger partial charge >= 0.3 is 0 Å². The Bertz CT molecular complexity index is 646. The molecule has 2 aromatic rings. The monoisotopic (exact) mass is 302 g/mol. The highest BCUT2D eigenvalue weighted by Gasteiger charge is 2.32. The molecule has 0 radical (unpaired) electrons. The molecule has 0 saturated carbocycles. The number of thiazole rings is 1. The average Bonchev–Trinajstić information content (AvgIpc) is 2.99. The van der Waals surface area contributed by atoms with Crippen molar-refractivity contribution in [1.82, 2.24) is 19.9 Å². The summed E-state index contributed by atoms with van der Waals surface area (Å²) in [6.45, 7) is 3.04. The number of rotatable bonds is 5. The molecule has 19 heavy (non-hydrogen) atoms. The summed E-state index contributed by atoms with van der Waals surface area (Å²) in [5.41, 5.74) is -0.618. The first-order valence-electron chi connectivity index (χ1n) is 5.44. The van der Waals surface area contributed by atoms with E-state index in [1.165, 1.54) is 17.5 Å². The van der Waals surface area contributed by atoms with E-state index in [1.54, 1.807) is 25.4 Å². The number of aromatic amines is 1. The second-order valence-corrected chi connectivity index (χ2v) is 6.96. The van der Waals surface area contributed by atoms with Crippen molar-refractivity contribution in [3.63, 3.8) is 0 Å². The van der Waals surface area contributed by atoms with Crippen LogP contribution in [-0.2, 0) is 22.2 Å². The van der Waals surface area contributed by atoms with Gasteiger partial charge in [-0.25, -0.2) is 13.4 Å². The molecule has 0 fully saturated rings. The van der Waals surface area contributed by atoms with Gasteiger partial charge < -0.3 is 5.11 Å². The first-order valence-corrected chi connectivity index (χ1v) is 7.80. The van der Waals surface area contributed by atoms with E-state index in [2.05, 4.69) is 19.9 Å². The zero-order valence-electron chi connectivity index (χ0n) is 10.4. The van der Waals surface area contributed by atoms with Crippen LogP contribution in [0.2, 0.25) is 0 Å². The van der Waals surface area contributed by atoms with E-state index >= 15 is 0 Å². The maximum Gasteiger partial charge on any atom is 0.258 e. The number of sulfonamides is 1. The molecule has 0 saturated heterocycles. The van der Waals surface area contributed by atoms with Crippen molar-refractivity contribution in [2.24, 2.45) is 0 Å². The number of aliphatic hydroxyl groups excluding tert-OH is 1. The lowest BCUT2D eigenvalue weighted by Gasteiger charge is -2.23. The van der Waals surface area contributed by atoms with Crippen molar-refractivity contribution in [2.75, 3.05) is 0 Å². The van der Waals surface area contributed by atoms with E-state index < -0.39 is 22.2 Å². The molecule has 3 N–H and O–H groups in total. The minimum absolute atomic E-state index is 0.125. The Morgan fingerprint density at radius 1 is 1.53 bits per heavy atom. The topological polar surface area (TPSA) is 108 Å². The summed E-state index contributed by atoms with van der Waals surface area (Å²) >= 11 is 1.36. The number of aliphatic hydroxyl groups is 1. The first-order chi connectivity index (χ1) is 8.87. The predicted octanol–water partition coefficient (Wildman–Crippen LogP) is 0.572. The van der Waals surface area contributed by atoms with Crippen LogP contribution in [0.5, 0.6) is 0 Å². The van der Waals surface area contributed by atoms with Gasteiger partial charge in [0.2, 0.25) is 0 Å². The van der Waals surface area contributed by atoms with Gasteiger partial charge in [0.1, 0.15) is 5.01 Å². The van der Waals surface area contributed by atoms with Crippen LogP contribution in [0.3, 0.4) is 0 Å². The van der Waals surface area contributed by atoms with Crippen molar-refractivity contribution >= 4 is 21.4 Å². The predicted molar refractivity (Wildman–Crippen MR) is 70.0 cm³/mol. The van der Waals surface area contributed by atoms with Crippen LogP contribution in [0.1, 0.15) is 24.4 Å². The highest BCUT2D eigenvalue weighted by atomic mass is 32.2. The van der Waals surface area contributed by atoms with Crippen LogP contribution in [0.15, 0.2) is 22.8 Å². The molecule has 7 nitrogen and oxygen atoms in total. The smallest absolute Gasteiger partial charge is 0.258 e. The quantitative estimate of drug-likeness (QED) is 0.748. The number of H-pyrrole nitrogens is 1. The third-order valence-electron chi connectivity index (χ3n) is 2.47. The van der Waals surface area contributed by atoms with E-state index in [9.17, 15) is 8.42 Å². The van der Waals surface area contributed by atoms with Crippen LogP contribution < -0.4 is 4.72 Å². The van der Waals surface area contributed by atoms with Crippen molar-refractivity contribution in [1.29, 1.82) is 0 Å². The zero-order chi connectivity index (χ0) is 14.1. The normalized spacial score (nSPS) is 12.8. The summed E-state index contributed by atoms with van der Waals surface area (Å²) in [5.74, 6) is 0. The highest BCUT2D eigenvalue weighted by molar-refractivity contribution is 7.89. The van der Waals surface area contributed by atoms with Gasteiger partial charge in [-0.3, -0.25) is 5.10 Å².